The summed E-state index contributed by atoms with van der Waals surface area (Å²) in [5, 5.41) is 8.56. The highest BCUT2D eigenvalue weighted by Gasteiger charge is 2.37. The van der Waals surface area contributed by atoms with E-state index in [1.165, 1.54) is 5.57 Å². The highest BCUT2D eigenvalue weighted by atomic mass is 16.7. The molecule has 0 bridgehead atoms. The normalized spacial score (nSPS) is 23.5. The number of nitrogens with one attached hydrogen (secondary N) is 1. The molecule has 5 rings (SSSR count). The van der Waals surface area contributed by atoms with Gasteiger partial charge in [0.05, 0.1) is 19.3 Å². The van der Waals surface area contributed by atoms with Crippen molar-refractivity contribution in [2.45, 2.75) is 32.5 Å². The van der Waals surface area contributed by atoms with Crippen molar-refractivity contribution in [3.63, 3.8) is 0 Å². The third kappa shape index (κ3) is 3.66. The summed E-state index contributed by atoms with van der Waals surface area (Å²) in [5.74, 6) is 1.49. The number of aromatic nitrogens is 3. The molecule has 0 spiro atoms. The quantitative estimate of drug-likeness (QED) is 0.633. The maximum atomic E-state index is 5.97. The Balaban J connectivity index is 1.47. The molecule has 0 amide bonds. The Hall–Kier alpha value is -2.96. The summed E-state index contributed by atoms with van der Waals surface area (Å²) in [7, 11) is 1.68. The van der Waals surface area contributed by atoms with Crippen LogP contribution in [0.15, 0.2) is 54.8 Å². The van der Waals surface area contributed by atoms with Crippen molar-refractivity contribution >= 4 is 16.6 Å². The number of hydrogen-bond acceptors (Lipinski definition) is 5. The zero-order chi connectivity index (χ0) is 21.4. The molecule has 1 fully saturated rings. The van der Waals surface area contributed by atoms with Crippen molar-refractivity contribution < 1.29 is 14.2 Å². The summed E-state index contributed by atoms with van der Waals surface area (Å²) in [6.45, 7) is 4.75. The van der Waals surface area contributed by atoms with Crippen molar-refractivity contribution in [2.75, 3.05) is 13.9 Å². The molecule has 2 aliphatic rings. The van der Waals surface area contributed by atoms with Crippen LogP contribution in [-0.4, -0.2) is 41.3 Å². The Morgan fingerprint density at radius 1 is 1.19 bits per heavy atom. The number of para-hydroxylation sites is 1. The van der Waals surface area contributed by atoms with Crippen LogP contribution in [0.3, 0.4) is 0 Å². The van der Waals surface area contributed by atoms with Crippen molar-refractivity contribution in [1.29, 1.82) is 0 Å². The number of aromatic amines is 1. The van der Waals surface area contributed by atoms with Crippen molar-refractivity contribution in [1.82, 2.24) is 15.2 Å². The maximum absolute atomic E-state index is 5.97. The number of pyridine rings is 1. The number of allylic oxidation sites excluding steroid dienone is 3. The van der Waals surface area contributed by atoms with Gasteiger partial charge in [0, 0.05) is 23.1 Å². The van der Waals surface area contributed by atoms with Crippen LogP contribution in [0, 0.1) is 11.8 Å². The van der Waals surface area contributed by atoms with Gasteiger partial charge in [-0.05, 0) is 41.7 Å². The molecule has 1 aromatic carbocycles. The van der Waals surface area contributed by atoms with Crippen LogP contribution in [0.25, 0.3) is 27.9 Å². The Labute approximate surface area is 181 Å². The number of ether oxygens (including phenoxy) is 3. The lowest BCUT2D eigenvalue weighted by molar-refractivity contribution is 0.0280. The third-order valence-corrected chi connectivity index (χ3v) is 6.18. The van der Waals surface area contributed by atoms with Gasteiger partial charge in [-0.1, -0.05) is 44.2 Å². The van der Waals surface area contributed by atoms with Gasteiger partial charge in [-0.3, -0.25) is 5.10 Å². The highest BCUT2D eigenvalue weighted by molar-refractivity contribution is 5.94. The Bertz CT molecular complexity index is 1150. The Morgan fingerprint density at radius 3 is 2.90 bits per heavy atom. The Morgan fingerprint density at radius 2 is 2.06 bits per heavy atom. The third-order valence-electron chi connectivity index (χ3n) is 6.18. The number of fused-ring (bicyclic) bond motifs is 1. The number of methoxy groups -OCH3 is 1. The Kier molecular flexibility index (Phi) is 5.34. The van der Waals surface area contributed by atoms with E-state index >= 15 is 0 Å². The van der Waals surface area contributed by atoms with Crippen LogP contribution in [0.1, 0.15) is 25.8 Å². The van der Waals surface area contributed by atoms with E-state index in [1.807, 2.05) is 30.5 Å². The lowest BCUT2D eigenvalue weighted by atomic mass is 9.83. The molecule has 6 nitrogen and oxygen atoms in total. The molecule has 6 heteroatoms. The lowest BCUT2D eigenvalue weighted by Crippen LogP contribution is -2.34. The minimum atomic E-state index is 0.0784. The lowest BCUT2D eigenvalue weighted by Gasteiger charge is -2.28. The number of H-pyrrole nitrogens is 1. The maximum Gasteiger partial charge on any atom is 0.155 e. The fraction of sp³-hybridized carbons (Fsp3) is 0.360. The first-order valence-corrected chi connectivity index (χ1v) is 10.7. The van der Waals surface area contributed by atoms with Crippen LogP contribution >= 0.6 is 0 Å². The predicted molar refractivity (Wildman–Crippen MR) is 121 cm³/mol. The zero-order valence-corrected chi connectivity index (χ0v) is 18.0. The molecule has 3 aromatic rings. The molecule has 1 saturated heterocycles. The summed E-state index contributed by atoms with van der Waals surface area (Å²) in [6.07, 6.45) is 9.55. The van der Waals surface area contributed by atoms with E-state index < -0.39 is 0 Å². The average Bonchev–Trinajstić information content (AvgIpc) is 3.46. The van der Waals surface area contributed by atoms with Crippen LogP contribution in [0.5, 0.6) is 5.75 Å². The molecular formula is C25H27N3O3. The highest BCUT2D eigenvalue weighted by Crippen LogP contribution is 2.37. The van der Waals surface area contributed by atoms with E-state index in [9.17, 15) is 0 Å². The molecule has 3 atom stereocenters. The summed E-state index contributed by atoms with van der Waals surface area (Å²) >= 11 is 0. The van der Waals surface area contributed by atoms with Crippen LogP contribution in [-0.2, 0) is 9.47 Å². The molecular weight excluding hydrogens is 390 g/mol. The topological polar surface area (TPSA) is 69.3 Å². The minimum Gasteiger partial charge on any atom is -0.496 e. The molecule has 2 aromatic heterocycles. The summed E-state index contributed by atoms with van der Waals surface area (Å²) in [5.41, 5.74) is 4.90. The molecule has 31 heavy (non-hydrogen) atoms. The fourth-order valence-corrected chi connectivity index (χ4v) is 4.59. The van der Waals surface area contributed by atoms with Gasteiger partial charge in [-0.2, -0.15) is 5.10 Å². The van der Waals surface area contributed by atoms with Gasteiger partial charge in [-0.15, -0.1) is 0 Å². The van der Waals surface area contributed by atoms with Gasteiger partial charge in [0.15, 0.2) is 5.65 Å². The average molecular weight is 418 g/mol. The van der Waals surface area contributed by atoms with E-state index in [0.717, 1.165) is 40.0 Å². The molecule has 1 N–H and O–H groups in total. The minimum absolute atomic E-state index is 0.0784. The van der Waals surface area contributed by atoms with E-state index in [2.05, 4.69) is 53.3 Å². The first-order chi connectivity index (χ1) is 15.2. The summed E-state index contributed by atoms with van der Waals surface area (Å²) < 4.78 is 17.4. The second-order valence-electron chi connectivity index (χ2n) is 8.46. The van der Waals surface area contributed by atoms with Crippen molar-refractivity contribution in [2.24, 2.45) is 11.8 Å². The second-order valence-corrected chi connectivity index (χ2v) is 8.46. The van der Waals surface area contributed by atoms with E-state index in [0.29, 0.717) is 12.7 Å². The largest absolute Gasteiger partial charge is 0.496 e. The monoisotopic (exact) mass is 417 g/mol. The zero-order valence-electron chi connectivity index (χ0n) is 18.0. The number of benzene rings is 1. The standard InChI is InChI=1S/C25H27N3O3/c1-15(2)23-24(31-14-30-23)17-8-6-7-16(11-17)18-12-20-22(27-28-25(20)26-13-18)19-9-4-5-10-21(19)29-3/h4-10,12-13,15,17,23-24H,11,14H2,1-3H3,(H,26,27,28)/t17?,23-,24-/m1/s1. The number of rotatable bonds is 5. The second kappa shape index (κ2) is 8.29. The predicted octanol–water partition coefficient (Wildman–Crippen LogP) is 4.99. The van der Waals surface area contributed by atoms with Gasteiger partial charge in [-0.25, -0.2) is 4.98 Å². The van der Waals surface area contributed by atoms with E-state index in [1.54, 1.807) is 7.11 Å². The van der Waals surface area contributed by atoms with Gasteiger partial charge < -0.3 is 14.2 Å². The molecule has 1 aliphatic carbocycles. The molecule has 1 unspecified atom stereocenters. The SMILES string of the molecule is COc1ccccc1-c1n[nH]c2ncc(C3=CC=CC([C@H]4OCO[C@@H]4C(C)C)C3)cc12. The van der Waals surface area contributed by atoms with E-state index in [4.69, 9.17) is 14.2 Å². The van der Waals surface area contributed by atoms with Crippen LogP contribution in [0.2, 0.25) is 0 Å². The van der Waals surface area contributed by atoms with E-state index in [-0.39, 0.29) is 18.1 Å². The van der Waals surface area contributed by atoms with Crippen LogP contribution < -0.4 is 4.74 Å². The molecule has 1 aliphatic heterocycles. The number of hydrogen-bond donors (Lipinski definition) is 1. The first-order valence-electron chi connectivity index (χ1n) is 10.7. The van der Waals surface area contributed by atoms with Gasteiger partial charge in [0.2, 0.25) is 0 Å². The molecule has 0 saturated carbocycles. The van der Waals surface area contributed by atoms with Gasteiger partial charge >= 0.3 is 0 Å². The van der Waals surface area contributed by atoms with Crippen molar-refractivity contribution in [3.05, 3.63) is 60.3 Å². The van der Waals surface area contributed by atoms with Crippen LogP contribution in [0.4, 0.5) is 0 Å². The summed E-state index contributed by atoms with van der Waals surface area (Å²) in [4.78, 5) is 4.64. The molecule has 0 radical (unpaired) electrons. The smallest absolute Gasteiger partial charge is 0.155 e. The summed E-state index contributed by atoms with van der Waals surface area (Å²) in [6, 6.07) is 10.1. The fourth-order valence-electron chi connectivity index (χ4n) is 4.59. The number of nitrogens with zero attached hydrogens (tertiary/aromatic N) is 2. The van der Waals surface area contributed by atoms with Gasteiger partial charge in [0.1, 0.15) is 18.2 Å². The van der Waals surface area contributed by atoms with Crippen molar-refractivity contribution in [3.8, 4) is 17.0 Å². The van der Waals surface area contributed by atoms with Gasteiger partial charge in [0.25, 0.3) is 0 Å². The molecule has 3 heterocycles. The first kappa shape index (κ1) is 20.0. The molecule has 160 valence electrons.